The van der Waals surface area contributed by atoms with Gasteiger partial charge in [0.1, 0.15) is 6.61 Å². The van der Waals surface area contributed by atoms with Gasteiger partial charge in [-0.2, -0.15) is 0 Å². The van der Waals surface area contributed by atoms with Crippen molar-refractivity contribution in [2.45, 2.75) is 296 Å². The lowest BCUT2D eigenvalue weighted by Gasteiger charge is -2.15. The largest absolute Gasteiger partial charge is 0.462 e. The first-order chi connectivity index (χ1) is 29.1. The molecule has 1 atom stereocenters. The minimum Gasteiger partial charge on any atom is -0.462 e. The molecule has 0 saturated heterocycles. The monoisotopic (exact) mass is 831 g/mol. The molecule has 0 bridgehead atoms. The van der Waals surface area contributed by atoms with Gasteiger partial charge in [0.15, 0.2) is 6.10 Å². The van der Waals surface area contributed by atoms with Crippen LogP contribution in [0.25, 0.3) is 0 Å². The molecule has 0 aliphatic carbocycles. The number of unbranched alkanes of at least 4 members (excludes halogenated alkanes) is 37. The van der Waals surface area contributed by atoms with Crippen molar-refractivity contribution in [1.29, 1.82) is 0 Å². The van der Waals surface area contributed by atoms with Crippen LogP contribution in [0.2, 0.25) is 0 Å². The summed E-state index contributed by atoms with van der Waals surface area (Å²) in [5.74, 6) is -0.587. The van der Waals surface area contributed by atoms with Crippen molar-refractivity contribution in [3.8, 4) is 0 Å². The zero-order chi connectivity index (χ0) is 42.8. The predicted octanol–water partition coefficient (Wildman–Crippen LogP) is 17.4. The summed E-state index contributed by atoms with van der Waals surface area (Å²) in [7, 11) is 0. The number of aliphatic hydroxyl groups excluding tert-OH is 1. The number of hydrogen-bond donors (Lipinski definition) is 1. The van der Waals surface area contributed by atoms with Gasteiger partial charge in [0, 0.05) is 12.8 Å². The number of ether oxygens (including phenoxy) is 2. The average Bonchev–Trinajstić information content (AvgIpc) is 3.24. The van der Waals surface area contributed by atoms with E-state index in [0.29, 0.717) is 12.8 Å². The fourth-order valence-corrected chi connectivity index (χ4v) is 8.00. The minimum absolute atomic E-state index is 0.0604. The smallest absolute Gasteiger partial charge is 0.306 e. The molecule has 0 saturated carbocycles. The summed E-state index contributed by atoms with van der Waals surface area (Å²) in [5.41, 5.74) is 0. The van der Waals surface area contributed by atoms with E-state index in [4.69, 9.17) is 9.47 Å². The number of aliphatic hydroxyl groups is 1. The fourth-order valence-electron chi connectivity index (χ4n) is 8.00. The summed E-state index contributed by atoms with van der Waals surface area (Å²) < 4.78 is 10.6. The zero-order valence-corrected chi connectivity index (χ0v) is 39.8. The standard InChI is InChI=1S/C54H102O5/c1-3-5-7-9-11-12-13-14-15-16-17-18-19-20-21-22-23-24-25-26-27-28-29-30-31-32-33-34-35-36-37-38-39-40-41-42-43-45-47-49-54(57)59-52(50-55)51-58-53(56)48-46-44-10-8-6-4-2/h13-14,16-17,52,55H,3-12,15,18-51H2,1-2H3/b14-13-,17-16-. The second-order valence-electron chi connectivity index (χ2n) is 18.0. The van der Waals surface area contributed by atoms with E-state index < -0.39 is 6.10 Å². The van der Waals surface area contributed by atoms with Crippen LogP contribution >= 0.6 is 0 Å². The Morgan fingerprint density at radius 2 is 0.678 bits per heavy atom. The molecule has 5 nitrogen and oxygen atoms in total. The SMILES string of the molecule is CCCCCCC/C=C\C/C=C\CCCCCCCCCCCCCCCCCCCCCCCCCCCCCC(=O)OC(CO)COC(=O)CCCCCCCC. The molecule has 0 aromatic heterocycles. The molecule has 0 amide bonds. The number of carbonyl (C=O) groups is 2. The number of carbonyl (C=O) groups excluding carboxylic acids is 2. The van der Waals surface area contributed by atoms with Gasteiger partial charge in [-0.15, -0.1) is 0 Å². The van der Waals surface area contributed by atoms with Crippen molar-refractivity contribution >= 4 is 11.9 Å². The Balaban J connectivity index is 3.30. The molecule has 0 radical (unpaired) electrons. The van der Waals surface area contributed by atoms with Crippen molar-refractivity contribution in [3.05, 3.63) is 24.3 Å². The summed E-state index contributed by atoms with van der Waals surface area (Å²) in [6, 6.07) is 0. The third kappa shape index (κ3) is 48.9. The highest BCUT2D eigenvalue weighted by Crippen LogP contribution is 2.17. The van der Waals surface area contributed by atoms with Gasteiger partial charge in [0.05, 0.1) is 6.61 Å². The van der Waals surface area contributed by atoms with E-state index in [9.17, 15) is 14.7 Å². The van der Waals surface area contributed by atoms with Gasteiger partial charge in [0.2, 0.25) is 0 Å². The Bertz CT molecular complexity index is 897. The van der Waals surface area contributed by atoms with Gasteiger partial charge in [-0.05, 0) is 44.9 Å². The topological polar surface area (TPSA) is 72.8 Å². The second kappa shape index (κ2) is 50.7. The molecule has 348 valence electrons. The number of allylic oxidation sites excluding steroid dienone is 4. The number of esters is 2. The first-order valence-corrected chi connectivity index (χ1v) is 26.4. The lowest BCUT2D eigenvalue weighted by Crippen LogP contribution is -2.28. The van der Waals surface area contributed by atoms with Crippen molar-refractivity contribution in [2.24, 2.45) is 0 Å². The normalized spacial score (nSPS) is 12.3. The van der Waals surface area contributed by atoms with Gasteiger partial charge < -0.3 is 14.6 Å². The van der Waals surface area contributed by atoms with Crippen LogP contribution in [0.15, 0.2) is 24.3 Å². The molecule has 0 heterocycles. The van der Waals surface area contributed by atoms with Crippen LogP contribution in [0.5, 0.6) is 0 Å². The van der Waals surface area contributed by atoms with E-state index in [1.165, 1.54) is 218 Å². The molecule has 0 aromatic carbocycles. The lowest BCUT2D eigenvalue weighted by atomic mass is 10.0. The highest BCUT2D eigenvalue weighted by Gasteiger charge is 2.16. The Morgan fingerprint density at radius 3 is 1.00 bits per heavy atom. The first-order valence-electron chi connectivity index (χ1n) is 26.4. The molecular weight excluding hydrogens is 729 g/mol. The quantitative estimate of drug-likeness (QED) is 0.0376. The average molecular weight is 831 g/mol. The summed E-state index contributed by atoms with van der Waals surface area (Å²) in [6.07, 6.45) is 63.5. The maximum atomic E-state index is 12.2. The predicted molar refractivity (Wildman–Crippen MR) is 256 cm³/mol. The van der Waals surface area contributed by atoms with Crippen LogP contribution in [0.3, 0.4) is 0 Å². The molecule has 59 heavy (non-hydrogen) atoms. The van der Waals surface area contributed by atoms with Crippen LogP contribution in [0, 0.1) is 0 Å². The summed E-state index contributed by atoms with van der Waals surface area (Å²) in [6.45, 7) is 4.09. The lowest BCUT2D eigenvalue weighted by molar-refractivity contribution is -0.161. The van der Waals surface area contributed by atoms with Crippen molar-refractivity contribution < 1.29 is 24.2 Å². The van der Waals surface area contributed by atoms with E-state index in [2.05, 4.69) is 38.2 Å². The Kier molecular flexibility index (Phi) is 49.3. The second-order valence-corrected chi connectivity index (χ2v) is 18.0. The summed E-state index contributed by atoms with van der Waals surface area (Å²) >= 11 is 0. The van der Waals surface area contributed by atoms with Gasteiger partial charge in [-0.1, -0.05) is 256 Å². The summed E-state index contributed by atoms with van der Waals surface area (Å²) in [4.78, 5) is 24.1. The Labute approximate surface area is 368 Å². The fraction of sp³-hybridized carbons (Fsp3) is 0.889. The van der Waals surface area contributed by atoms with E-state index in [-0.39, 0.29) is 25.2 Å². The molecule has 5 heteroatoms. The van der Waals surface area contributed by atoms with Crippen molar-refractivity contribution in [2.75, 3.05) is 13.2 Å². The molecule has 0 spiro atoms. The van der Waals surface area contributed by atoms with E-state index in [1.54, 1.807) is 0 Å². The molecule has 0 fully saturated rings. The molecule has 1 unspecified atom stereocenters. The first kappa shape index (κ1) is 57.4. The third-order valence-electron chi connectivity index (χ3n) is 12.0. The van der Waals surface area contributed by atoms with Crippen LogP contribution in [-0.4, -0.2) is 36.4 Å². The van der Waals surface area contributed by atoms with Crippen molar-refractivity contribution in [1.82, 2.24) is 0 Å². The van der Waals surface area contributed by atoms with Crippen LogP contribution in [0.1, 0.15) is 290 Å². The number of rotatable bonds is 49. The highest BCUT2D eigenvalue weighted by molar-refractivity contribution is 5.70. The van der Waals surface area contributed by atoms with Crippen LogP contribution in [0.4, 0.5) is 0 Å². The Morgan fingerprint density at radius 1 is 0.390 bits per heavy atom. The minimum atomic E-state index is -0.762. The zero-order valence-electron chi connectivity index (χ0n) is 39.8. The van der Waals surface area contributed by atoms with Gasteiger partial charge in [-0.3, -0.25) is 9.59 Å². The van der Waals surface area contributed by atoms with E-state index in [0.717, 1.165) is 44.9 Å². The molecule has 0 aliphatic heterocycles. The number of hydrogen-bond acceptors (Lipinski definition) is 5. The molecular formula is C54H102O5. The van der Waals surface area contributed by atoms with E-state index in [1.807, 2.05) is 0 Å². The third-order valence-corrected chi connectivity index (χ3v) is 12.0. The van der Waals surface area contributed by atoms with Gasteiger partial charge >= 0.3 is 11.9 Å². The van der Waals surface area contributed by atoms with Gasteiger partial charge in [0.25, 0.3) is 0 Å². The van der Waals surface area contributed by atoms with Crippen LogP contribution in [-0.2, 0) is 19.1 Å². The molecule has 0 rings (SSSR count). The van der Waals surface area contributed by atoms with E-state index >= 15 is 0 Å². The molecule has 0 aromatic rings. The Hall–Kier alpha value is -1.62. The van der Waals surface area contributed by atoms with Crippen LogP contribution < -0.4 is 0 Å². The maximum Gasteiger partial charge on any atom is 0.306 e. The maximum absolute atomic E-state index is 12.2. The van der Waals surface area contributed by atoms with Gasteiger partial charge in [-0.25, -0.2) is 0 Å². The summed E-state index contributed by atoms with van der Waals surface area (Å²) in [5, 5.41) is 9.52. The highest BCUT2D eigenvalue weighted by atomic mass is 16.6. The molecule has 1 N–H and O–H groups in total. The molecule has 0 aliphatic rings. The van der Waals surface area contributed by atoms with Crippen molar-refractivity contribution in [3.63, 3.8) is 0 Å².